The van der Waals surface area contributed by atoms with E-state index < -0.39 is 0 Å². The molecular formula is C7H6ClNS. The minimum absolute atomic E-state index is 0.819. The van der Waals surface area contributed by atoms with E-state index in [1.165, 1.54) is 9.71 Å². The van der Waals surface area contributed by atoms with Crippen LogP contribution in [0.4, 0.5) is 0 Å². The molecule has 3 heteroatoms. The Morgan fingerprint density at radius 3 is 3.10 bits per heavy atom. The number of aromatic amines is 1. The Morgan fingerprint density at radius 2 is 2.40 bits per heavy atom. The van der Waals surface area contributed by atoms with Crippen LogP contribution in [0.25, 0.3) is 10.2 Å². The predicted octanol–water partition coefficient (Wildman–Crippen LogP) is 3.19. The summed E-state index contributed by atoms with van der Waals surface area (Å²) in [5.41, 5.74) is 0. The van der Waals surface area contributed by atoms with Crippen LogP contribution in [-0.4, -0.2) is 4.98 Å². The van der Waals surface area contributed by atoms with Gasteiger partial charge < -0.3 is 4.98 Å². The van der Waals surface area contributed by atoms with Gasteiger partial charge in [0, 0.05) is 16.5 Å². The SMILES string of the molecule is Cc1cc2c(Cl)c[nH]c2s1. The van der Waals surface area contributed by atoms with Crippen molar-refractivity contribution in [2.75, 3.05) is 0 Å². The van der Waals surface area contributed by atoms with Gasteiger partial charge in [0.15, 0.2) is 0 Å². The number of halogens is 1. The number of aromatic nitrogens is 1. The molecule has 2 aromatic rings. The molecule has 1 nitrogen and oxygen atoms in total. The Balaban J connectivity index is 2.90. The van der Waals surface area contributed by atoms with Crippen molar-refractivity contribution in [3.8, 4) is 0 Å². The minimum atomic E-state index is 0.819. The van der Waals surface area contributed by atoms with Crippen molar-refractivity contribution in [2.24, 2.45) is 0 Å². The molecular weight excluding hydrogens is 166 g/mol. The standard InChI is InChI=1S/C7H6ClNS/c1-4-2-5-6(8)3-9-7(5)10-4/h2-3,9H,1H3. The van der Waals surface area contributed by atoms with E-state index in [-0.39, 0.29) is 0 Å². The normalized spacial score (nSPS) is 11.0. The number of hydrogen-bond acceptors (Lipinski definition) is 1. The summed E-state index contributed by atoms with van der Waals surface area (Å²) in [6.07, 6.45) is 1.82. The summed E-state index contributed by atoms with van der Waals surface area (Å²) in [5, 5.41) is 1.96. The van der Waals surface area contributed by atoms with E-state index in [0.717, 1.165) is 10.4 Å². The average molecular weight is 172 g/mol. The van der Waals surface area contributed by atoms with Gasteiger partial charge in [0.1, 0.15) is 4.83 Å². The van der Waals surface area contributed by atoms with Crippen LogP contribution in [0.3, 0.4) is 0 Å². The van der Waals surface area contributed by atoms with E-state index in [0.29, 0.717) is 0 Å². The van der Waals surface area contributed by atoms with E-state index in [2.05, 4.69) is 18.0 Å². The molecule has 0 spiro atoms. The smallest absolute Gasteiger partial charge is 0.101 e. The molecule has 0 aliphatic carbocycles. The highest BCUT2D eigenvalue weighted by atomic mass is 35.5. The first-order chi connectivity index (χ1) is 4.77. The molecule has 0 saturated carbocycles. The van der Waals surface area contributed by atoms with Crippen LogP contribution >= 0.6 is 22.9 Å². The molecule has 0 aliphatic rings. The highest BCUT2D eigenvalue weighted by Gasteiger charge is 2.02. The first-order valence-electron chi connectivity index (χ1n) is 3.00. The molecule has 1 N–H and O–H groups in total. The predicted molar refractivity (Wildman–Crippen MR) is 45.9 cm³/mol. The lowest BCUT2D eigenvalue weighted by molar-refractivity contribution is 1.50. The summed E-state index contributed by atoms with van der Waals surface area (Å²) >= 11 is 7.59. The van der Waals surface area contributed by atoms with Gasteiger partial charge in [-0.05, 0) is 13.0 Å². The lowest BCUT2D eigenvalue weighted by atomic mass is 10.4. The number of nitrogens with one attached hydrogen (secondary N) is 1. The van der Waals surface area contributed by atoms with E-state index in [1.54, 1.807) is 11.3 Å². The second kappa shape index (κ2) is 2.01. The summed E-state index contributed by atoms with van der Waals surface area (Å²) in [6.45, 7) is 2.08. The molecule has 0 aliphatic heterocycles. The molecule has 0 fully saturated rings. The summed E-state index contributed by atoms with van der Waals surface area (Å²) < 4.78 is 0. The van der Waals surface area contributed by atoms with E-state index >= 15 is 0 Å². The summed E-state index contributed by atoms with van der Waals surface area (Å²) in [6, 6.07) is 2.10. The number of H-pyrrole nitrogens is 1. The van der Waals surface area contributed by atoms with Crippen molar-refractivity contribution in [2.45, 2.75) is 6.92 Å². The monoisotopic (exact) mass is 171 g/mol. The maximum Gasteiger partial charge on any atom is 0.101 e. The second-order valence-electron chi connectivity index (χ2n) is 2.24. The van der Waals surface area contributed by atoms with Crippen LogP contribution in [0.2, 0.25) is 5.02 Å². The molecule has 0 unspecified atom stereocenters. The van der Waals surface area contributed by atoms with Gasteiger partial charge in [-0.15, -0.1) is 11.3 Å². The number of aryl methyl sites for hydroxylation is 1. The molecule has 0 atom stereocenters. The maximum absolute atomic E-state index is 5.86. The molecule has 2 heterocycles. The van der Waals surface area contributed by atoms with E-state index in [9.17, 15) is 0 Å². The lowest BCUT2D eigenvalue weighted by Gasteiger charge is -1.74. The molecule has 0 amide bonds. The molecule has 0 bridgehead atoms. The van der Waals surface area contributed by atoms with E-state index in [1.807, 2.05) is 6.20 Å². The van der Waals surface area contributed by atoms with Crippen molar-refractivity contribution in [1.29, 1.82) is 0 Å². The number of fused-ring (bicyclic) bond motifs is 1. The maximum atomic E-state index is 5.86. The number of thiophene rings is 1. The molecule has 0 aromatic carbocycles. The highest BCUT2D eigenvalue weighted by molar-refractivity contribution is 7.18. The molecule has 52 valence electrons. The van der Waals surface area contributed by atoms with Gasteiger partial charge in [-0.1, -0.05) is 11.6 Å². The lowest BCUT2D eigenvalue weighted by Crippen LogP contribution is -1.52. The topological polar surface area (TPSA) is 15.8 Å². The fraction of sp³-hybridized carbons (Fsp3) is 0.143. The third-order valence-electron chi connectivity index (χ3n) is 1.44. The van der Waals surface area contributed by atoms with Gasteiger partial charge >= 0.3 is 0 Å². The highest BCUT2D eigenvalue weighted by Crippen LogP contribution is 2.29. The van der Waals surface area contributed by atoms with Crippen LogP contribution < -0.4 is 0 Å². The van der Waals surface area contributed by atoms with Crippen molar-refractivity contribution in [3.05, 3.63) is 22.2 Å². The largest absolute Gasteiger partial charge is 0.352 e. The van der Waals surface area contributed by atoms with Crippen LogP contribution in [0.1, 0.15) is 4.88 Å². The molecule has 2 rings (SSSR count). The van der Waals surface area contributed by atoms with Crippen molar-refractivity contribution >= 4 is 33.2 Å². The first-order valence-corrected chi connectivity index (χ1v) is 4.20. The van der Waals surface area contributed by atoms with Gasteiger partial charge in [0.2, 0.25) is 0 Å². The van der Waals surface area contributed by atoms with Gasteiger partial charge in [0.25, 0.3) is 0 Å². The summed E-state index contributed by atoms with van der Waals surface area (Å²) in [5.74, 6) is 0. The molecule has 2 aromatic heterocycles. The fourth-order valence-corrected chi connectivity index (χ4v) is 2.16. The van der Waals surface area contributed by atoms with Crippen molar-refractivity contribution in [3.63, 3.8) is 0 Å². The van der Waals surface area contributed by atoms with Crippen LogP contribution in [0, 0.1) is 6.92 Å². The van der Waals surface area contributed by atoms with Gasteiger partial charge in [-0.3, -0.25) is 0 Å². The zero-order valence-electron chi connectivity index (χ0n) is 5.44. The van der Waals surface area contributed by atoms with E-state index in [4.69, 9.17) is 11.6 Å². The zero-order valence-corrected chi connectivity index (χ0v) is 7.01. The Kier molecular flexibility index (Phi) is 1.25. The summed E-state index contributed by atoms with van der Waals surface area (Å²) in [4.78, 5) is 5.56. The minimum Gasteiger partial charge on any atom is -0.352 e. The van der Waals surface area contributed by atoms with Crippen LogP contribution in [0.15, 0.2) is 12.3 Å². The van der Waals surface area contributed by atoms with Crippen LogP contribution in [0.5, 0.6) is 0 Å². The number of hydrogen-bond donors (Lipinski definition) is 1. The number of rotatable bonds is 0. The van der Waals surface area contributed by atoms with Crippen LogP contribution in [-0.2, 0) is 0 Å². The second-order valence-corrected chi connectivity index (χ2v) is 3.90. The Morgan fingerprint density at radius 1 is 1.60 bits per heavy atom. The quantitative estimate of drug-likeness (QED) is 0.627. The van der Waals surface area contributed by atoms with Gasteiger partial charge in [-0.2, -0.15) is 0 Å². The molecule has 0 radical (unpaired) electrons. The average Bonchev–Trinajstić information content (AvgIpc) is 2.35. The van der Waals surface area contributed by atoms with Crippen molar-refractivity contribution in [1.82, 2.24) is 4.98 Å². The molecule has 0 saturated heterocycles. The van der Waals surface area contributed by atoms with Crippen molar-refractivity contribution < 1.29 is 0 Å². The third-order valence-corrected chi connectivity index (χ3v) is 2.74. The zero-order chi connectivity index (χ0) is 7.14. The summed E-state index contributed by atoms with van der Waals surface area (Å²) in [7, 11) is 0. The van der Waals surface area contributed by atoms with Gasteiger partial charge in [-0.25, -0.2) is 0 Å². The third kappa shape index (κ3) is 0.762. The Labute approximate surface area is 67.6 Å². The Hall–Kier alpha value is -0.470. The fourth-order valence-electron chi connectivity index (χ4n) is 1.01. The Bertz CT molecular complexity index is 360. The first kappa shape index (κ1) is 6.25. The van der Waals surface area contributed by atoms with Gasteiger partial charge in [0.05, 0.1) is 5.02 Å². The molecule has 10 heavy (non-hydrogen) atoms.